The number of benzene rings is 2. The molecule has 2 aromatic carbocycles. The number of alkyl halides is 3. The third-order valence-electron chi connectivity index (χ3n) is 4.67. The number of carbonyl (C=O) groups is 1. The van der Waals surface area contributed by atoms with Gasteiger partial charge in [-0.3, -0.25) is 4.79 Å². The van der Waals surface area contributed by atoms with Crippen molar-refractivity contribution in [1.29, 1.82) is 0 Å². The lowest BCUT2D eigenvalue weighted by molar-refractivity contribution is -0.137. The van der Waals surface area contributed by atoms with Crippen molar-refractivity contribution in [3.63, 3.8) is 0 Å². The smallest absolute Gasteiger partial charge is 0.354 e. The Morgan fingerprint density at radius 1 is 1.07 bits per heavy atom. The van der Waals surface area contributed by atoms with Gasteiger partial charge in [0.25, 0.3) is 0 Å². The Bertz CT molecular complexity index is 958. The van der Waals surface area contributed by atoms with E-state index in [-0.39, 0.29) is 13.0 Å². The summed E-state index contributed by atoms with van der Waals surface area (Å²) >= 11 is 0. The number of nitrogens with two attached hydrogens (primary N) is 1. The van der Waals surface area contributed by atoms with E-state index >= 15 is 0 Å². The molecule has 0 heterocycles. The van der Waals surface area contributed by atoms with E-state index in [2.05, 4.69) is 5.32 Å². The molecule has 0 fully saturated rings. The number of amides is 1. The quantitative estimate of drug-likeness (QED) is 0.707. The van der Waals surface area contributed by atoms with Crippen molar-refractivity contribution in [3.8, 4) is 0 Å². The molecule has 2 aromatic rings. The summed E-state index contributed by atoms with van der Waals surface area (Å²) in [4.78, 5) is 11.8. The van der Waals surface area contributed by atoms with Crippen LogP contribution in [0.1, 0.15) is 37.4 Å². The van der Waals surface area contributed by atoms with Crippen molar-refractivity contribution in [2.45, 2.75) is 42.1 Å². The van der Waals surface area contributed by atoms with Crippen molar-refractivity contribution in [3.05, 3.63) is 65.7 Å². The highest BCUT2D eigenvalue weighted by molar-refractivity contribution is 7.92. The van der Waals surface area contributed by atoms with Crippen LogP contribution in [0.5, 0.6) is 0 Å². The Morgan fingerprint density at radius 2 is 1.69 bits per heavy atom. The van der Waals surface area contributed by atoms with Crippen LogP contribution in [-0.2, 0) is 20.8 Å². The highest BCUT2D eigenvalue weighted by Crippen LogP contribution is 2.34. The molecule has 0 radical (unpaired) electrons. The van der Waals surface area contributed by atoms with Gasteiger partial charge in [-0.05, 0) is 44.0 Å². The van der Waals surface area contributed by atoms with Gasteiger partial charge in [0.15, 0.2) is 9.84 Å². The Balaban J connectivity index is 2.07. The first-order chi connectivity index (χ1) is 13.4. The van der Waals surface area contributed by atoms with E-state index in [0.717, 1.165) is 18.2 Å². The van der Waals surface area contributed by atoms with Crippen LogP contribution in [0.3, 0.4) is 0 Å². The first kappa shape index (κ1) is 22.9. The highest BCUT2D eigenvalue weighted by Gasteiger charge is 2.38. The summed E-state index contributed by atoms with van der Waals surface area (Å²) in [6.07, 6.45) is -4.64. The van der Waals surface area contributed by atoms with E-state index in [1.54, 1.807) is 30.3 Å². The van der Waals surface area contributed by atoms with Gasteiger partial charge in [0.1, 0.15) is 6.04 Å². The molecule has 158 valence electrons. The van der Waals surface area contributed by atoms with Crippen LogP contribution in [0.2, 0.25) is 0 Å². The number of rotatable bonds is 7. The molecule has 1 atom stereocenters. The van der Waals surface area contributed by atoms with Crippen LogP contribution in [-0.4, -0.2) is 25.6 Å². The van der Waals surface area contributed by atoms with Crippen LogP contribution >= 0.6 is 0 Å². The fourth-order valence-corrected chi connectivity index (χ4v) is 4.25. The van der Waals surface area contributed by atoms with Crippen LogP contribution in [0.25, 0.3) is 0 Å². The number of halogens is 3. The van der Waals surface area contributed by atoms with Crippen molar-refractivity contribution in [2.24, 2.45) is 5.73 Å². The summed E-state index contributed by atoms with van der Waals surface area (Å²) in [5, 5.41) is 2.59. The van der Waals surface area contributed by atoms with Gasteiger partial charge in [-0.15, -0.1) is 0 Å². The Kier molecular flexibility index (Phi) is 6.74. The molecule has 1 amide bonds. The maximum Gasteiger partial charge on any atom is 0.416 e. The van der Waals surface area contributed by atoms with Gasteiger partial charge < -0.3 is 11.1 Å². The zero-order chi connectivity index (χ0) is 21.9. The zero-order valence-corrected chi connectivity index (χ0v) is 16.8. The molecular formula is C20H23F3N2O3S. The average Bonchev–Trinajstić information content (AvgIpc) is 2.67. The highest BCUT2D eigenvalue weighted by atomic mass is 32.2. The maximum absolute atomic E-state index is 12.9. The van der Waals surface area contributed by atoms with Gasteiger partial charge >= 0.3 is 6.18 Å². The summed E-state index contributed by atoms with van der Waals surface area (Å²) in [5.41, 5.74) is 5.47. The zero-order valence-electron chi connectivity index (χ0n) is 16.0. The van der Waals surface area contributed by atoms with Crippen molar-refractivity contribution in [1.82, 2.24) is 5.32 Å². The van der Waals surface area contributed by atoms with E-state index in [1.807, 2.05) is 0 Å². The van der Waals surface area contributed by atoms with E-state index in [1.165, 1.54) is 13.8 Å². The van der Waals surface area contributed by atoms with Crippen LogP contribution in [0, 0.1) is 0 Å². The number of carbonyl (C=O) groups excluding carboxylic acids is 1. The third-order valence-corrected chi connectivity index (χ3v) is 7.20. The fraction of sp³-hybridized carbons (Fsp3) is 0.350. The number of nitrogens with one attached hydrogen (secondary N) is 1. The molecule has 2 rings (SSSR count). The van der Waals surface area contributed by atoms with E-state index < -0.39 is 43.2 Å². The molecule has 29 heavy (non-hydrogen) atoms. The third kappa shape index (κ3) is 5.36. The molecule has 0 saturated heterocycles. The molecule has 0 aliphatic rings. The lowest BCUT2D eigenvalue weighted by Crippen LogP contribution is -2.40. The lowest BCUT2D eigenvalue weighted by Gasteiger charge is -2.25. The largest absolute Gasteiger partial charge is 0.416 e. The number of sulfone groups is 1. The minimum Gasteiger partial charge on any atom is -0.354 e. The standard InChI is InChI=1S/C20H23F3N2O3S/c1-19(2,11-12-25-18(26)17(24)14-7-4-3-5-8-14)29(27,28)16-10-6-9-15(13-16)20(21,22)23/h3-10,13,17H,11-12,24H2,1-2H3,(H,25,26)/t17-/m1/s1. The first-order valence-electron chi connectivity index (χ1n) is 8.86. The van der Waals surface area contributed by atoms with E-state index in [4.69, 9.17) is 5.73 Å². The molecule has 0 saturated carbocycles. The van der Waals surface area contributed by atoms with Gasteiger partial charge in [0, 0.05) is 6.54 Å². The maximum atomic E-state index is 12.9. The van der Waals surface area contributed by atoms with Crippen LogP contribution in [0.15, 0.2) is 59.5 Å². The van der Waals surface area contributed by atoms with Gasteiger partial charge in [0.05, 0.1) is 15.2 Å². The summed E-state index contributed by atoms with van der Waals surface area (Å²) in [6, 6.07) is 11.4. The second kappa shape index (κ2) is 8.54. The Labute approximate surface area is 168 Å². The van der Waals surface area contributed by atoms with E-state index in [9.17, 15) is 26.4 Å². The molecule has 0 aliphatic heterocycles. The first-order valence-corrected chi connectivity index (χ1v) is 10.3. The topological polar surface area (TPSA) is 89.3 Å². The Morgan fingerprint density at radius 3 is 2.28 bits per heavy atom. The van der Waals surface area contributed by atoms with Crippen LogP contribution in [0.4, 0.5) is 13.2 Å². The van der Waals surface area contributed by atoms with Crippen molar-refractivity contribution >= 4 is 15.7 Å². The monoisotopic (exact) mass is 428 g/mol. The molecule has 0 spiro atoms. The van der Waals surface area contributed by atoms with Crippen LogP contribution < -0.4 is 11.1 Å². The van der Waals surface area contributed by atoms with Gasteiger partial charge in [-0.25, -0.2) is 8.42 Å². The summed E-state index contributed by atoms with van der Waals surface area (Å²) in [6.45, 7) is 2.82. The Hall–Kier alpha value is -2.39. The van der Waals surface area contributed by atoms with Gasteiger partial charge in [0.2, 0.25) is 5.91 Å². The molecule has 0 aromatic heterocycles. The molecule has 0 unspecified atom stereocenters. The predicted octanol–water partition coefficient (Wildman–Crippen LogP) is 3.46. The SMILES string of the molecule is CC(C)(CCNC(=O)[C@H](N)c1ccccc1)S(=O)(=O)c1cccc(C(F)(F)F)c1. The molecule has 0 aliphatic carbocycles. The molecule has 0 bridgehead atoms. The number of hydrogen-bond donors (Lipinski definition) is 2. The average molecular weight is 428 g/mol. The van der Waals surface area contributed by atoms with Crippen molar-refractivity contribution in [2.75, 3.05) is 6.54 Å². The summed E-state index contributed by atoms with van der Waals surface area (Å²) < 4.78 is 63.0. The van der Waals surface area contributed by atoms with Gasteiger partial charge in [-0.1, -0.05) is 36.4 Å². The molecular weight excluding hydrogens is 405 g/mol. The molecule has 5 nitrogen and oxygen atoms in total. The predicted molar refractivity (Wildman–Crippen MR) is 104 cm³/mol. The van der Waals surface area contributed by atoms with Gasteiger partial charge in [-0.2, -0.15) is 13.2 Å². The van der Waals surface area contributed by atoms with Crippen molar-refractivity contribution < 1.29 is 26.4 Å². The second-order valence-corrected chi connectivity index (χ2v) is 9.80. The molecule has 9 heteroatoms. The fourth-order valence-electron chi connectivity index (χ4n) is 2.70. The minimum absolute atomic E-state index is 0.00116. The second-order valence-electron chi connectivity index (χ2n) is 7.22. The molecule has 3 N–H and O–H groups in total. The number of hydrogen-bond acceptors (Lipinski definition) is 4. The normalized spacial score (nSPS) is 13.7. The summed E-state index contributed by atoms with van der Waals surface area (Å²) in [5.74, 6) is -0.469. The van der Waals surface area contributed by atoms with E-state index in [0.29, 0.717) is 11.6 Å². The lowest BCUT2D eigenvalue weighted by atomic mass is 10.1. The summed E-state index contributed by atoms with van der Waals surface area (Å²) in [7, 11) is -4.07. The minimum atomic E-state index is -4.64.